The quantitative estimate of drug-likeness (QED) is 0.490. The molecule has 7 nitrogen and oxygen atoms in total. The topological polar surface area (TPSA) is 98.0 Å². The highest BCUT2D eigenvalue weighted by Crippen LogP contribution is 2.32. The zero-order chi connectivity index (χ0) is 15.2. The van der Waals surface area contributed by atoms with E-state index in [2.05, 4.69) is 57.6 Å². The molecule has 2 rings (SSSR count). The van der Waals surface area contributed by atoms with E-state index >= 15 is 0 Å². The van der Waals surface area contributed by atoms with Crippen molar-refractivity contribution in [1.29, 1.82) is 0 Å². The molecule has 1 aromatic carbocycles. The van der Waals surface area contributed by atoms with Crippen LogP contribution >= 0.6 is 31.9 Å². The maximum Gasteiger partial charge on any atom is 0.323 e. The smallest absolute Gasteiger partial charge is 0.323 e. The van der Waals surface area contributed by atoms with Gasteiger partial charge < -0.3 is 10.1 Å². The van der Waals surface area contributed by atoms with Gasteiger partial charge in [0.15, 0.2) is 0 Å². The Morgan fingerprint density at radius 3 is 2.43 bits per heavy atom. The molecule has 0 aliphatic carbocycles. The molecule has 1 aromatic heterocycles. The molecule has 0 bridgehead atoms. The second-order valence-electron chi connectivity index (χ2n) is 3.98. The summed E-state index contributed by atoms with van der Waals surface area (Å²) in [5.41, 5.74) is 3.19. The highest BCUT2D eigenvalue weighted by Gasteiger charge is 2.10. The van der Waals surface area contributed by atoms with Crippen molar-refractivity contribution < 1.29 is 4.74 Å². The van der Waals surface area contributed by atoms with Crippen LogP contribution in [0, 0.1) is 0 Å². The number of benzene rings is 1. The molecule has 0 spiro atoms. The van der Waals surface area contributed by atoms with Gasteiger partial charge in [0, 0.05) is 8.95 Å². The number of rotatable bonds is 6. The van der Waals surface area contributed by atoms with Gasteiger partial charge in [-0.1, -0.05) is 13.0 Å². The Morgan fingerprint density at radius 1 is 1.14 bits per heavy atom. The monoisotopic (exact) mass is 416 g/mol. The molecular weight excluding hydrogens is 404 g/mol. The van der Waals surface area contributed by atoms with Crippen LogP contribution in [0.1, 0.15) is 13.3 Å². The number of anilines is 3. The minimum absolute atomic E-state index is 0.213. The van der Waals surface area contributed by atoms with Crippen LogP contribution in [0.25, 0.3) is 0 Å². The first kappa shape index (κ1) is 15.9. The molecular formula is C12H14Br2N6O. The summed E-state index contributed by atoms with van der Waals surface area (Å²) in [7, 11) is 0. The second kappa shape index (κ2) is 7.53. The van der Waals surface area contributed by atoms with E-state index in [4.69, 9.17) is 10.6 Å². The van der Waals surface area contributed by atoms with Crippen molar-refractivity contribution in [2.75, 3.05) is 17.3 Å². The summed E-state index contributed by atoms with van der Waals surface area (Å²) in [4.78, 5) is 12.4. The summed E-state index contributed by atoms with van der Waals surface area (Å²) in [5.74, 6) is 5.92. The molecule has 4 N–H and O–H groups in total. The number of ether oxygens (including phenoxy) is 1. The van der Waals surface area contributed by atoms with Crippen molar-refractivity contribution in [2.24, 2.45) is 5.84 Å². The van der Waals surface area contributed by atoms with Crippen molar-refractivity contribution in [3.8, 4) is 6.01 Å². The van der Waals surface area contributed by atoms with Gasteiger partial charge in [0.2, 0.25) is 11.9 Å². The number of hydrazine groups is 1. The van der Waals surface area contributed by atoms with Crippen molar-refractivity contribution in [3.05, 3.63) is 27.1 Å². The van der Waals surface area contributed by atoms with Crippen LogP contribution in [0.15, 0.2) is 27.1 Å². The average Bonchev–Trinajstić information content (AvgIpc) is 2.49. The van der Waals surface area contributed by atoms with Crippen molar-refractivity contribution in [2.45, 2.75) is 13.3 Å². The van der Waals surface area contributed by atoms with E-state index in [9.17, 15) is 0 Å². The van der Waals surface area contributed by atoms with E-state index < -0.39 is 0 Å². The van der Waals surface area contributed by atoms with Crippen LogP contribution in [0.2, 0.25) is 0 Å². The van der Waals surface area contributed by atoms with Crippen molar-refractivity contribution in [1.82, 2.24) is 15.0 Å². The van der Waals surface area contributed by atoms with Gasteiger partial charge in [0.1, 0.15) is 0 Å². The number of halogens is 2. The first-order valence-electron chi connectivity index (χ1n) is 6.20. The van der Waals surface area contributed by atoms with Gasteiger partial charge in [-0.15, -0.1) is 0 Å². The fourth-order valence-electron chi connectivity index (χ4n) is 1.46. The fraction of sp³-hybridized carbons (Fsp3) is 0.250. The minimum atomic E-state index is 0.213. The van der Waals surface area contributed by atoms with Gasteiger partial charge in [0.05, 0.1) is 12.3 Å². The lowest BCUT2D eigenvalue weighted by Crippen LogP contribution is -2.14. The van der Waals surface area contributed by atoms with Crippen LogP contribution in [0.4, 0.5) is 17.6 Å². The first-order valence-corrected chi connectivity index (χ1v) is 7.79. The van der Waals surface area contributed by atoms with E-state index in [0.717, 1.165) is 21.1 Å². The SMILES string of the molecule is CCCOc1nc(NN)nc(Nc2c(Br)cccc2Br)n1. The maximum atomic E-state index is 5.42. The fourth-order valence-corrected chi connectivity index (χ4v) is 2.66. The summed E-state index contributed by atoms with van der Waals surface area (Å²) in [6.07, 6.45) is 0.857. The number of aromatic nitrogens is 3. The second-order valence-corrected chi connectivity index (χ2v) is 5.69. The van der Waals surface area contributed by atoms with Gasteiger partial charge in [-0.25, -0.2) is 5.84 Å². The Kier molecular flexibility index (Phi) is 5.71. The molecule has 0 atom stereocenters. The largest absolute Gasteiger partial charge is 0.463 e. The Bertz CT molecular complexity index is 604. The van der Waals surface area contributed by atoms with Gasteiger partial charge in [0.25, 0.3) is 0 Å². The van der Waals surface area contributed by atoms with Gasteiger partial charge in [-0.05, 0) is 50.4 Å². The molecule has 0 aliphatic heterocycles. The molecule has 2 aromatic rings. The van der Waals surface area contributed by atoms with Crippen molar-refractivity contribution in [3.63, 3.8) is 0 Å². The number of nitrogen functional groups attached to an aromatic ring is 1. The maximum absolute atomic E-state index is 5.42. The summed E-state index contributed by atoms with van der Waals surface area (Å²) < 4.78 is 7.16. The third kappa shape index (κ3) is 4.26. The summed E-state index contributed by atoms with van der Waals surface area (Å²) in [6, 6.07) is 5.94. The van der Waals surface area contributed by atoms with E-state index in [1.807, 2.05) is 25.1 Å². The predicted octanol–water partition coefficient (Wildman–Crippen LogP) is 3.21. The Hall–Kier alpha value is -1.45. The molecule has 0 aliphatic rings. The molecule has 21 heavy (non-hydrogen) atoms. The Balaban J connectivity index is 2.30. The normalized spacial score (nSPS) is 10.3. The van der Waals surface area contributed by atoms with Crippen LogP contribution in [0.5, 0.6) is 6.01 Å². The zero-order valence-corrected chi connectivity index (χ0v) is 14.4. The summed E-state index contributed by atoms with van der Waals surface area (Å²) in [5, 5.41) is 3.10. The first-order chi connectivity index (χ1) is 10.1. The minimum Gasteiger partial charge on any atom is -0.463 e. The van der Waals surface area contributed by atoms with E-state index in [0.29, 0.717) is 12.6 Å². The standard InChI is InChI=1S/C12H14Br2N6O/c1-2-6-21-12-18-10(17-11(19-12)20-15)16-9-7(13)4-3-5-8(9)14/h3-5H,2,6,15H2,1H3,(H2,16,17,18,19,20). The highest BCUT2D eigenvalue weighted by molar-refractivity contribution is 9.11. The molecule has 0 amide bonds. The molecule has 0 unspecified atom stereocenters. The highest BCUT2D eigenvalue weighted by atomic mass is 79.9. The predicted molar refractivity (Wildman–Crippen MR) is 88.5 cm³/mol. The lowest BCUT2D eigenvalue weighted by Gasteiger charge is -2.11. The number of nitrogens with zero attached hydrogens (tertiary/aromatic N) is 3. The van der Waals surface area contributed by atoms with Crippen LogP contribution in [-0.4, -0.2) is 21.6 Å². The van der Waals surface area contributed by atoms with Crippen LogP contribution in [-0.2, 0) is 0 Å². The summed E-state index contributed by atoms with van der Waals surface area (Å²) in [6.45, 7) is 2.52. The third-order valence-corrected chi connectivity index (χ3v) is 3.70. The molecule has 9 heteroatoms. The number of nitrogens with one attached hydrogen (secondary N) is 2. The van der Waals surface area contributed by atoms with Crippen LogP contribution in [0.3, 0.4) is 0 Å². The number of para-hydroxylation sites is 1. The molecule has 0 radical (unpaired) electrons. The average molecular weight is 418 g/mol. The number of hydrogen-bond donors (Lipinski definition) is 3. The lowest BCUT2D eigenvalue weighted by molar-refractivity contribution is 0.292. The molecule has 0 saturated carbocycles. The van der Waals surface area contributed by atoms with Gasteiger partial charge in [-0.2, -0.15) is 15.0 Å². The Morgan fingerprint density at radius 2 is 1.81 bits per heavy atom. The molecule has 0 fully saturated rings. The van der Waals surface area contributed by atoms with E-state index in [1.54, 1.807) is 0 Å². The number of hydrogen-bond acceptors (Lipinski definition) is 7. The van der Waals surface area contributed by atoms with E-state index in [-0.39, 0.29) is 12.0 Å². The van der Waals surface area contributed by atoms with Crippen molar-refractivity contribution >= 4 is 49.4 Å². The number of nitrogens with two attached hydrogens (primary N) is 1. The summed E-state index contributed by atoms with van der Waals surface area (Å²) >= 11 is 6.93. The lowest BCUT2D eigenvalue weighted by atomic mass is 10.3. The molecule has 112 valence electrons. The Labute approximate surface area is 139 Å². The van der Waals surface area contributed by atoms with E-state index in [1.165, 1.54) is 0 Å². The molecule has 1 heterocycles. The molecule has 0 saturated heterocycles. The zero-order valence-electron chi connectivity index (χ0n) is 11.2. The van der Waals surface area contributed by atoms with Crippen LogP contribution < -0.4 is 21.3 Å². The third-order valence-electron chi connectivity index (χ3n) is 2.38. The van der Waals surface area contributed by atoms with Gasteiger partial charge in [-0.3, -0.25) is 5.43 Å². The van der Waals surface area contributed by atoms with Gasteiger partial charge >= 0.3 is 6.01 Å².